The number of ether oxygens (including phenoxy) is 3. The van der Waals surface area contributed by atoms with Crippen LogP contribution in [0.4, 0.5) is 5.13 Å². The van der Waals surface area contributed by atoms with Crippen molar-refractivity contribution in [3.63, 3.8) is 0 Å². The number of hydrogen-bond donors (Lipinski definition) is 0. The molecule has 1 saturated heterocycles. The summed E-state index contributed by atoms with van der Waals surface area (Å²) < 4.78 is 17.4. The minimum Gasteiger partial charge on any atom is -0.497 e. The number of thiazole rings is 1. The van der Waals surface area contributed by atoms with E-state index in [1.54, 1.807) is 26.0 Å². The van der Waals surface area contributed by atoms with Gasteiger partial charge in [-0.1, -0.05) is 11.3 Å². The van der Waals surface area contributed by atoms with Gasteiger partial charge in [-0.15, -0.1) is 11.8 Å². The first-order valence-electron chi connectivity index (χ1n) is 10.3. The van der Waals surface area contributed by atoms with Crippen LogP contribution in [0.3, 0.4) is 0 Å². The van der Waals surface area contributed by atoms with Crippen LogP contribution in [0, 0.1) is 0 Å². The van der Waals surface area contributed by atoms with Crippen LogP contribution >= 0.6 is 23.1 Å². The number of fused-ring (bicyclic) bond motifs is 1. The highest BCUT2D eigenvalue weighted by Crippen LogP contribution is 2.32. The van der Waals surface area contributed by atoms with E-state index in [9.17, 15) is 4.79 Å². The Morgan fingerprint density at radius 2 is 1.97 bits per heavy atom. The molecule has 3 aromatic rings. The Labute approximate surface area is 190 Å². The van der Waals surface area contributed by atoms with E-state index in [0.29, 0.717) is 18.7 Å². The fourth-order valence-electron chi connectivity index (χ4n) is 3.48. The number of hydrogen-bond acceptors (Lipinski definition) is 7. The Balaban J connectivity index is 1.46. The van der Waals surface area contributed by atoms with Gasteiger partial charge in [0, 0.05) is 29.7 Å². The molecule has 6 nitrogen and oxygen atoms in total. The van der Waals surface area contributed by atoms with E-state index in [0.717, 1.165) is 51.2 Å². The molecule has 8 heteroatoms. The first-order chi connectivity index (χ1) is 15.2. The number of carbonyl (C=O) groups excluding carboxylic acids is 1. The number of thioether (sulfide) groups is 1. The zero-order valence-electron chi connectivity index (χ0n) is 17.7. The molecule has 1 unspecified atom stereocenters. The highest BCUT2D eigenvalue weighted by Gasteiger charge is 2.26. The third kappa shape index (κ3) is 5.50. The maximum atomic E-state index is 13.2. The molecule has 0 aliphatic carbocycles. The van der Waals surface area contributed by atoms with Gasteiger partial charge in [0.25, 0.3) is 0 Å². The SMILES string of the molecule is COc1ccc(SCCC(=O)N(CC2CCCO2)c2nc3cc(OC)ccc3s2)cc1. The monoisotopic (exact) mass is 458 g/mol. The molecule has 1 fully saturated rings. The fourth-order valence-corrected chi connectivity index (χ4v) is 5.29. The Hall–Kier alpha value is -2.29. The lowest BCUT2D eigenvalue weighted by molar-refractivity contribution is -0.118. The molecule has 0 N–H and O–H groups in total. The molecule has 31 heavy (non-hydrogen) atoms. The second-order valence-electron chi connectivity index (χ2n) is 7.24. The van der Waals surface area contributed by atoms with Crippen LogP contribution in [-0.4, -0.2) is 50.1 Å². The van der Waals surface area contributed by atoms with Crippen molar-refractivity contribution in [1.29, 1.82) is 0 Å². The van der Waals surface area contributed by atoms with E-state index in [1.807, 2.05) is 47.4 Å². The molecule has 1 atom stereocenters. The van der Waals surface area contributed by atoms with Crippen molar-refractivity contribution >= 4 is 44.4 Å². The average molecular weight is 459 g/mol. The quantitative estimate of drug-likeness (QED) is 0.420. The highest BCUT2D eigenvalue weighted by molar-refractivity contribution is 7.99. The van der Waals surface area contributed by atoms with Crippen molar-refractivity contribution in [2.45, 2.75) is 30.3 Å². The molecule has 1 aliphatic heterocycles. The lowest BCUT2D eigenvalue weighted by Gasteiger charge is -2.23. The zero-order chi connectivity index (χ0) is 21.6. The fraction of sp³-hybridized carbons (Fsp3) is 0.391. The van der Waals surface area contributed by atoms with Crippen molar-refractivity contribution in [3.8, 4) is 11.5 Å². The Bertz CT molecular complexity index is 1020. The number of anilines is 1. The van der Waals surface area contributed by atoms with Crippen molar-refractivity contribution in [3.05, 3.63) is 42.5 Å². The van der Waals surface area contributed by atoms with Crippen LogP contribution in [-0.2, 0) is 9.53 Å². The lowest BCUT2D eigenvalue weighted by Crippen LogP contribution is -2.37. The standard InChI is InChI=1S/C23H26N2O4S2/c1-27-16-5-8-19(9-6-16)30-13-11-22(26)25(15-18-4-3-12-29-18)23-24-20-14-17(28-2)7-10-21(20)31-23/h5-10,14,18H,3-4,11-13,15H2,1-2H3. The maximum Gasteiger partial charge on any atom is 0.229 e. The number of methoxy groups -OCH3 is 2. The van der Waals surface area contributed by atoms with Crippen molar-refractivity contribution in [2.24, 2.45) is 0 Å². The molecule has 1 aromatic heterocycles. The van der Waals surface area contributed by atoms with E-state index < -0.39 is 0 Å². The summed E-state index contributed by atoms with van der Waals surface area (Å²) in [7, 11) is 3.30. The van der Waals surface area contributed by atoms with Gasteiger partial charge in [-0.2, -0.15) is 0 Å². The predicted octanol–water partition coefficient (Wildman–Crippen LogP) is 5.01. The Morgan fingerprint density at radius 1 is 1.19 bits per heavy atom. The second-order valence-corrected chi connectivity index (χ2v) is 9.42. The molecule has 1 amide bonds. The normalized spacial score (nSPS) is 15.9. The Morgan fingerprint density at radius 3 is 2.68 bits per heavy atom. The van der Waals surface area contributed by atoms with Crippen LogP contribution in [0.5, 0.6) is 11.5 Å². The number of nitrogens with zero attached hydrogens (tertiary/aromatic N) is 2. The molecule has 2 heterocycles. The number of aromatic nitrogens is 1. The third-order valence-corrected chi connectivity index (χ3v) is 7.24. The average Bonchev–Trinajstić information content (AvgIpc) is 3.46. The first kappa shape index (κ1) is 21.9. The Kier molecular flexibility index (Phi) is 7.32. The minimum atomic E-state index is 0.0692. The van der Waals surface area contributed by atoms with Gasteiger partial charge in [0.1, 0.15) is 11.5 Å². The van der Waals surface area contributed by atoms with Crippen LogP contribution in [0.15, 0.2) is 47.4 Å². The molecule has 1 aliphatic rings. The first-order valence-corrected chi connectivity index (χ1v) is 12.1. The van der Waals surface area contributed by atoms with Crippen molar-refractivity contribution in [1.82, 2.24) is 4.98 Å². The molecular weight excluding hydrogens is 432 g/mol. The summed E-state index contributed by atoms with van der Waals surface area (Å²) in [5, 5.41) is 0.721. The van der Waals surface area contributed by atoms with Gasteiger partial charge in [-0.3, -0.25) is 9.69 Å². The van der Waals surface area contributed by atoms with E-state index in [-0.39, 0.29) is 12.0 Å². The van der Waals surface area contributed by atoms with Crippen LogP contribution in [0.2, 0.25) is 0 Å². The predicted molar refractivity (Wildman–Crippen MR) is 126 cm³/mol. The molecule has 4 rings (SSSR count). The summed E-state index contributed by atoms with van der Waals surface area (Å²) in [4.78, 5) is 20.9. The summed E-state index contributed by atoms with van der Waals surface area (Å²) in [5.41, 5.74) is 0.845. The molecule has 0 bridgehead atoms. The van der Waals surface area contributed by atoms with E-state index in [1.165, 1.54) is 11.3 Å². The molecule has 0 radical (unpaired) electrons. The smallest absolute Gasteiger partial charge is 0.229 e. The van der Waals surface area contributed by atoms with Gasteiger partial charge in [0.05, 0.1) is 37.1 Å². The summed E-state index contributed by atoms with van der Waals surface area (Å²) >= 11 is 3.20. The van der Waals surface area contributed by atoms with E-state index in [4.69, 9.17) is 19.2 Å². The van der Waals surface area contributed by atoms with Crippen LogP contribution in [0.25, 0.3) is 10.2 Å². The zero-order valence-corrected chi connectivity index (χ0v) is 19.3. The third-order valence-electron chi connectivity index (χ3n) is 5.17. The molecular formula is C23H26N2O4S2. The molecule has 0 spiro atoms. The van der Waals surface area contributed by atoms with Crippen molar-refractivity contribution in [2.75, 3.05) is 38.0 Å². The van der Waals surface area contributed by atoms with E-state index >= 15 is 0 Å². The van der Waals surface area contributed by atoms with Gasteiger partial charge in [0.15, 0.2) is 5.13 Å². The van der Waals surface area contributed by atoms with Gasteiger partial charge >= 0.3 is 0 Å². The number of amides is 1. The van der Waals surface area contributed by atoms with E-state index in [2.05, 4.69) is 0 Å². The van der Waals surface area contributed by atoms with Gasteiger partial charge < -0.3 is 14.2 Å². The number of rotatable bonds is 9. The van der Waals surface area contributed by atoms with Gasteiger partial charge in [-0.25, -0.2) is 4.98 Å². The van der Waals surface area contributed by atoms with Crippen LogP contribution < -0.4 is 14.4 Å². The maximum absolute atomic E-state index is 13.2. The summed E-state index contributed by atoms with van der Waals surface area (Å²) in [6, 6.07) is 13.7. The summed E-state index contributed by atoms with van der Waals surface area (Å²) in [5.74, 6) is 2.36. The molecule has 164 valence electrons. The van der Waals surface area contributed by atoms with Gasteiger partial charge in [0.2, 0.25) is 5.91 Å². The molecule has 0 saturated carbocycles. The largest absolute Gasteiger partial charge is 0.497 e. The molecule has 2 aromatic carbocycles. The minimum absolute atomic E-state index is 0.0692. The summed E-state index contributed by atoms with van der Waals surface area (Å²) in [6.07, 6.45) is 2.52. The topological polar surface area (TPSA) is 60.9 Å². The number of benzene rings is 2. The van der Waals surface area contributed by atoms with Gasteiger partial charge in [-0.05, 0) is 49.2 Å². The van der Waals surface area contributed by atoms with Crippen LogP contribution in [0.1, 0.15) is 19.3 Å². The highest BCUT2D eigenvalue weighted by atomic mass is 32.2. The van der Waals surface area contributed by atoms with Crippen molar-refractivity contribution < 1.29 is 19.0 Å². The summed E-state index contributed by atoms with van der Waals surface area (Å²) in [6.45, 7) is 1.31. The number of carbonyl (C=O) groups is 1. The second kappa shape index (κ2) is 10.3. The lowest BCUT2D eigenvalue weighted by atomic mass is 10.2.